The molecule has 1 aliphatic carbocycles. The Balaban J connectivity index is 1.45. The normalized spacial score (nSPS) is 21.3. The molecule has 0 bridgehead atoms. The quantitative estimate of drug-likeness (QED) is 0.414. The van der Waals surface area contributed by atoms with E-state index in [0.717, 1.165) is 0 Å². The maximum atomic E-state index is 14.7. The van der Waals surface area contributed by atoms with Gasteiger partial charge in [0.15, 0.2) is 11.4 Å². The standard InChI is InChI=1S/C30H38F4N6O3/c1-3-20-16-39(27(42)29(30(32,33)34)11-5-6-12-29)14-15-40(20)23-10-9-22(21-8-7-13-36-26(21)43-4-2)38-24(23)25(41)37-19-28(31)17-35-18-28/h7-10,13,20,35H,3-6,11-12,14-19H2,1-2H3,(H,37,41)/t20-/m1/s1. The minimum Gasteiger partial charge on any atom is -0.477 e. The van der Waals surface area contributed by atoms with Gasteiger partial charge in [-0.1, -0.05) is 19.8 Å². The van der Waals surface area contributed by atoms with Crippen molar-refractivity contribution in [2.75, 3.05) is 50.8 Å². The zero-order valence-electron chi connectivity index (χ0n) is 24.5. The summed E-state index contributed by atoms with van der Waals surface area (Å²) in [5.41, 5.74) is -2.35. The zero-order chi connectivity index (χ0) is 30.8. The molecule has 3 aliphatic rings. The number of aromatic nitrogens is 2. The van der Waals surface area contributed by atoms with Crippen LogP contribution < -0.4 is 20.3 Å². The first kappa shape index (κ1) is 31.0. The van der Waals surface area contributed by atoms with Gasteiger partial charge >= 0.3 is 6.18 Å². The molecule has 13 heteroatoms. The Morgan fingerprint density at radius 3 is 2.51 bits per heavy atom. The molecule has 0 spiro atoms. The molecule has 2 saturated heterocycles. The highest BCUT2D eigenvalue weighted by Crippen LogP contribution is 2.52. The molecule has 5 rings (SSSR count). The molecule has 43 heavy (non-hydrogen) atoms. The van der Waals surface area contributed by atoms with Crippen molar-refractivity contribution in [3.05, 3.63) is 36.2 Å². The first-order chi connectivity index (χ1) is 20.5. The predicted octanol–water partition coefficient (Wildman–Crippen LogP) is 4.13. The van der Waals surface area contributed by atoms with Gasteiger partial charge in [-0.15, -0.1) is 0 Å². The Labute approximate surface area is 248 Å². The first-order valence-electron chi connectivity index (χ1n) is 14.9. The number of carbonyl (C=O) groups is 2. The zero-order valence-corrected chi connectivity index (χ0v) is 24.5. The van der Waals surface area contributed by atoms with Crippen molar-refractivity contribution in [3.63, 3.8) is 0 Å². The van der Waals surface area contributed by atoms with Gasteiger partial charge in [-0.25, -0.2) is 14.4 Å². The minimum atomic E-state index is -4.61. The third-order valence-electron chi connectivity index (χ3n) is 8.83. The van der Waals surface area contributed by atoms with Crippen LogP contribution in [0, 0.1) is 5.41 Å². The average Bonchev–Trinajstić information content (AvgIpc) is 3.50. The lowest BCUT2D eigenvalue weighted by molar-refractivity contribution is -0.226. The van der Waals surface area contributed by atoms with Crippen molar-refractivity contribution in [1.29, 1.82) is 0 Å². The van der Waals surface area contributed by atoms with Crippen molar-refractivity contribution >= 4 is 17.5 Å². The number of pyridine rings is 2. The van der Waals surface area contributed by atoms with Crippen LogP contribution in [0.1, 0.15) is 56.4 Å². The second kappa shape index (κ2) is 12.3. The predicted molar refractivity (Wildman–Crippen MR) is 153 cm³/mol. The molecule has 0 radical (unpaired) electrons. The van der Waals surface area contributed by atoms with E-state index in [9.17, 15) is 27.2 Å². The molecular formula is C30H38F4N6O3. The summed E-state index contributed by atoms with van der Waals surface area (Å²) in [7, 11) is 0. The van der Waals surface area contributed by atoms with Gasteiger partial charge < -0.3 is 25.2 Å². The number of halogens is 4. The highest BCUT2D eigenvalue weighted by atomic mass is 19.4. The van der Waals surface area contributed by atoms with Gasteiger partial charge in [0.2, 0.25) is 11.8 Å². The van der Waals surface area contributed by atoms with E-state index < -0.39 is 29.1 Å². The summed E-state index contributed by atoms with van der Waals surface area (Å²) >= 11 is 0. The van der Waals surface area contributed by atoms with Crippen molar-refractivity contribution in [2.45, 2.75) is 63.8 Å². The van der Waals surface area contributed by atoms with Gasteiger partial charge in [-0.2, -0.15) is 13.2 Å². The second-order valence-corrected chi connectivity index (χ2v) is 11.6. The van der Waals surface area contributed by atoms with Crippen molar-refractivity contribution in [3.8, 4) is 17.1 Å². The number of piperazine rings is 1. The van der Waals surface area contributed by atoms with E-state index in [-0.39, 0.29) is 63.8 Å². The lowest BCUT2D eigenvalue weighted by Crippen LogP contribution is -2.61. The largest absolute Gasteiger partial charge is 0.477 e. The van der Waals surface area contributed by atoms with Gasteiger partial charge in [-0.3, -0.25) is 9.59 Å². The van der Waals surface area contributed by atoms with E-state index in [0.29, 0.717) is 48.7 Å². The molecule has 0 unspecified atom stereocenters. The summed E-state index contributed by atoms with van der Waals surface area (Å²) in [6.45, 7) is 4.55. The maximum absolute atomic E-state index is 14.7. The van der Waals surface area contributed by atoms with Crippen LogP contribution in [0.25, 0.3) is 11.3 Å². The number of hydrogen-bond donors (Lipinski definition) is 2. The van der Waals surface area contributed by atoms with E-state index in [4.69, 9.17) is 9.72 Å². The Bertz CT molecular complexity index is 1330. The van der Waals surface area contributed by atoms with Gasteiger partial charge in [-0.05, 0) is 50.5 Å². The van der Waals surface area contributed by atoms with Crippen LogP contribution in [0.3, 0.4) is 0 Å². The van der Waals surface area contributed by atoms with Crippen molar-refractivity contribution in [1.82, 2.24) is 25.5 Å². The number of amides is 2. The number of rotatable bonds is 9. The van der Waals surface area contributed by atoms with Crippen LogP contribution in [0.5, 0.6) is 5.88 Å². The fourth-order valence-electron chi connectivity index (χ4n) is 6.29. The van der Waals surface area contributed by atoms with E-state index in [1.807, 2.05) is 18.7 Å². The van der Waals surface area contributed by atoms with E-state index in [1.165, 1.54) is 4.90 Å². The molecule has 234 valence electrons. The molecule has 1 saturated carbocycles. The summed E-state index contributed by atoms with van der Waals surface area (Å²) in [5, 5.41) is 5.54. The number of nitrogens with one attached hydrogen (secondary N) is 2. The topological polar surface area (TPSA) is 99.7 Å². The van der Waals surface area contributed by atoms with Gasteiger partial charge in [0.25, 0.3) is 5.91 Å². The number of alkyl halides is 4. The third kappa shape index (κ3) is 6.00. The van der Waals surface area contributed by atoms with Crippen LogP contribution in [-0.4, -0.2) is 90.4 Å². The fraction of sp³-hybridized carbons (Fsp3) is 0.600. The average molecular weight is 607 g/mol. The Kier molecular flexibility index (Phi) is 8.82. The number of ether oxygens (including phenoxy) is 1. The van der Waals surface area contributed by atoms with Gasteiger partial charge in [0, 0.05) is 45.0 Å². The summed E-state index contributed by atoms with van der Waals surface area (Å²) < 4.78 is 62.9. The number of hydrogen-bond acceptors (Lipinski definition) is 7. The first-order valence-corrected chi connectivity index (χ1v) is 14.9. The molecule has 2 aromatic heterocycles. The number of anilines is 1. The lowest BCUT2D eigenvalue weighted by atomic mass is 9.83. The molecule has 2 N–H and O–H groups in total. The van der Waals surface area contributed by atoms with Crippen LogP contribution in [-0.2, 0) is 4.79 Å². The third-order valence-corrected chi connectivity index (χ3v) is 8.83. The maximum Gasteiger partial charge on any atom is 0.403 e. The monoisotopic (exact) mass is 606 g/mol. The molecule has 1 atom stereocenters. The van der Waals surface area contributed by atoms with E-state index in [2.05, 4.69) is 15.6 Å². The number of nitrogens with zero attached hydrogens (tertiary/aromatic N) is 4. The van der Waals surface area contributed by atoms with E-state index in [1.54, 1.807) is 30.5 Å². The molecule has 0 aromatic carbocycles. The highest BCUT2D eigenvalue weighted by molar-refractivity contribution is 5.99. The lowest BCUT2D eigenvalue weighted by Gasteiger charge is -2.45. The molecule has 4 heterocycles. The summed E-state index contributed by atoms with van der Waals surface area (Å²) in [5.74, 6) is -1.08. The van der Waals surface area contributed by atoms with Crippen molar-refractivity contribution < 1.29 is 31.9 Å². The fourth-order valence-corrected chi connectivity index (χ4v) is 6.29. The molecular weight excluding hydrogens is 568 g/mol. The molecule has 2 aromatic rings. The molecule has 2 aliphatic heterocycles. The molecule has 3 fully saturated rings. The second-order valence-electron chi connectivity index (χ2n) is 11.6. The Hall–Kier alpha value is -3.48. The summed E-state index contributed by atoms with van der Waals surface area (Å²) in [6.07, 6.45) is -2.14. The Morgan fingerprint density at radius 2 is 1.88 bits per heavy atom. The highest BCUT2D eigenvalue weighted by Gasteiger charge is 2.62. The summed E-state index contributed by atoms with van der Waals surface area (Å²) in [6, 6.07) is 6.62. The van der Waals surface area contributed by atoms with Gasteiger partial charge in [0.05, 0.1) is 30.1 Å². The van der Waals surface area contributed by atoms with Crippen molar-refractivity contribution in [2.24, 2.45) is 5.41 Å². The molecule has 9 nitrogen and oxygen atoms in total. The van der Waals surface area contributed by atoms with Gasteiger partial charge in [0.1, 0.15) is 5.41 Å². The minimum absolute atomic E-state index is 0.0560. The van der Waals surface area contributed by atoms with E-state index >= 15 is 0 Å². The van der Waals surface area contributed by atoms with Crippen LogP contribution in [0.15, 0.2) is 30.5 Å². The number of carbonyl (C=O) groups excluding carboxylic acids is 2. The Morgan fingerprint density at radius 1 is 1.14 bits per heavy atom. The summed E-state index contributed by atoms with van der Waals surface area (Å²) in [4.78, 5) is 39.2. The van der Waals surface area contributed by atoms with Crippen LogP contribution in [0.4, 0.5) is 23.2 Å². The van der Waals surface area contributed by atoms with Crippen LogP contribution in [0.2, 0.25) is 0 Å². The smallest absolute Gasteiger partial charge is 0.403 e. The SMILES string of the molecule is CCOc1ncccc1-c1ccc(N2CCN(C(=O)C3(C(F)(F)F)CCCC3)C[C@H]2CC)c(C(=O)NCC2(F)CNC2)n1. The molecule has 2 amide bonds. The van der Waals surface area contributed by atoms with Crippen LogP contribution >= 0.6 is 0 Å².